The van der Waals surface area contributed by atoms with E-state index in [0.29, 0.717) is 22.8 Å². The molecule has 5 aliphatic carbocycles. The topological polar surface area (TPSA) is 45.2 Å². The van der Waals surface area contributed by atoms with Gasteiger partial charge >= 0.3 is 0 Å². The van der Waals surface area contributed by atoms with Crippen LogP contribution in [-0.2, 0) is 12.0 Å². The van der Waals surface area contributed by atoms with Crippen molar-refractivity contribution in [3.63, 3.8) is 0 Å². The van der Waals surface area contributed by atoms with Crippen molar-refractivity contribution in [2.75, 3.05) is 33.8 Å². The number of aliphatic hydroxyl groups excluding tert-OH is 1. The zero-order valence-corrected chi connectivity index (χ0v) is 28.3. The first-order valence-electron chi connectivity index (χ1n) is 18.3. The van der Waals surface area contributed by atoms with Gasteiger partial charge in [-0.25, -0.2) is 0 Å². The number of benzene rings is 1. The lowest BCUT2D eigenvalue weighted by Crippen LogP contribution is -2.64. The average Bonchev–Trinajstić information content (AvgIpc) is 3.20. The first kappa shape index (κ1) is 31.1. The summed E-state index contributed by atoms with van der Waals surface area (Å²) in [5, 5.41) is 10.3. The fourth-order valence-electron chi connectivity index (χ4n) is 12.0. The third kappa shape index (κ3) is 5.66. The standard InChI is InChI=1S/C39H60N2O3/c1-36-22-29-23-37(2,26-36)28-38(24-29,27-36)40(3)18-11-9-7-5-6-8-10-12-19-41-20-17-39-16-15-31(42)21-33(39)44-35-32(43-4)14-13-30(25-41)34(35)39/h13-16,29,31,33,42H,5-12,17-28H2,1-4H3/t29?,31-,33-,36?,37?,38?,39-/m0/s1. The fourth-order valence-corrected chi connectivity index (χ4v) is 12.0. The molecule has 4 bridgehead atoms. The average molecular weight is 605 g/mol. The van der Waals surface area contributed by atoms with Crippen molar-refractivity contribution in [3.05, 3.63) is 35.4 Å². The van der Waals surface area contributed by atoms with Crippen molar-refractivity contribution in [2.24, 2.45) is 16.7 Å². The summed E-state index contributed by atoms with van der Waals surface area (Å²) in [5.41, 5.74) is 4.30. The molecular formula is C39H60N2O3. The molecule has 1 aromatic rings. The molecule has 7 aliphatic rings. The number of hydrogen-bond acceptors (Lipinski definition) is 5. The second-order valence-corrected chi connectivity index (χ2v) is 17.1. The molecule has 8 rings (SSSR count). The summed E-state index contributed by atoms with van der Waals surface area (Å²) in [6, 6.07) is 4.33. The number of ether oxygens (including phenoxy) is 2. The molecule has 4 fully saturated rings. The zero-order chi connectivity index (χ0) is 30.6. The van der Waals surface area contributed by atoms with Crippen LogP contribution in [0.4, 0.5) is 0 Å². The highest BCUT2D eigenvalue weighted by atomic mass is 16.5. The van der Waals surface area contributed by atoms with E-state index in [9.17, 15) is 5.11 Å². The molecule has 2 unspecified atom stereocenters. The van der Waals surface area contributed by atoms with Gasteiger partial charge in [0, 0.05) is 24.1 Å². The molecular weight excluding hydrogens is 544 g/mol. The molecule has 0 radical (unpaired) electrons. The second-order valence-electron chi connectivity index (χ2n) is 17.1. The largest absolute Gasteiger partial charge is 0.493 e. The second kappa shape index (κ2) is 11.9. The molecule has 1 aromatic carbocycles. The van der Waals surface area contributed by atoms with E-state index in [2.05, 4.69) is 48.9 Å². The molecule has 5 nitrogen and oxygen atoms in total. The first-order chi connectivity index (χ1) is 21.1. The summed E-state index contributed by atoms with van der Waals surface area (Å²) in [5.74, 6) is 2.73. The smallest absolute Gasteiger partial charge is 0.166 e. The maximum absolute atomic E-state index is 10.3. The van der Waals surface area contributed by atoms with Crippen LogP contribution in [-0.4, -0.2) is 66.4 Å². The Labute approximate surface area is 267 Å². The third-order valence-corrected chi connectivity index (χ3v) is 13.2. The van der Waals surface area contributed by atoms with Gasteiger partial charge in [-0.15, -0.1) is 0 Å². The molecule has 1 N–H and O–H groups in total. The minimum Gasteiger partial charge on any atom is -0.493 e. The predicted octanol–water partition coefficient (Wildman–Crippen LogP) is 8.02. The van der Waals surface area contributed by atoms with E-state index < -0.39 is 6.10 Å². The van der Waals surface area contributed by atoms with E-state index in [1.165, 1.54) is 114 Å². The SMILES string of the molecule is COc1ccc2c3c1O[C@H]1C[C@@H](O)C=C[C@@]31CCN(CCCCCCCCCCN(C)C13CC4CC(C)(CC(C)(C4)C1)C3)C2. The van der Waals surface area contributed by atoms with Gasteiger partial charge < -0.3 is 19.5 Å². The highest BCUT2D eigenvalue weighted by Crippen LogP contribution is 2.67. The Morgan fingerprint density at radius 2 is 1.66 bits per heavy atom. The van der Waals surface area contributed by atoms with Gasteiger partial charge in [-0.3, -0.25) is 4.90 Å². The summed E-state index contributed by atoms with van der Waals surface area (Å²) < 4.78 is 12.2. The summed E-state index contributed by atoms with van der Waals surface area (Å²) >= 11 is 0. The Morgan fingerprint density at radius 1 is 0.955 bits per heavy atom. The van der Waals surface area contributed by atoms with Gasteiger partial charge in [0.25, 0.3) is 0 Å². The highest BCUT2D eigenvalue weighted by molar-refractivity contribution is 5.61. The Kier molecular flexibility index (Phi) is 8.41. The number of rotatable bonds is 13. The normalized spacial score (nSPS) is 38.5. The van der Waals surface area contributed by atoms with Crippen molar-refractivity contribution < 1.29 is 14.6 Å². The van der Waals surface area contributed by atoms with Gasteiger partial charge in [-0.1, -0.05) is 70.6 Å². The maximum atomic E-state index is 10.3. The van der Waals surface area contributed by atoms with Crippen LogP contribution in [0.3, 0.4) is 0 Å². The van der Waals surface area contributed by atoms with Crippen molar-refractivity contribution in [3.8, 4) is 11.5 Å². The number of methoxy groups -OCH3 is 1. The van der Waals surface area contributed by atoms with E-state index in [1.807, 2.05) is 6.08 Å². The van der Waals surface area contributed by atoms with Crippen LogP contribution >= 0.6 is 0 Å². The number of aliphatic hydroxyl groups is 1. The van der Waals surface area contributed by atoms with Crippen LogP contribution in [0.25, 0.3) is 0 Å². The van der Waals surface area contributed by atoms with Gasteiger partial charge in [0.2, 0.25) is 0 Å². The van der Waals surface area contributed by atoms with Crippen LogP contribution in [0.5, 0.6) is 11.5 Å². The molecule has 0 aromatic heterocycles. The summed E-state index contributed by atoms with van der Waals surface area (Å²) in [6.07, 6.45) is 25.4. The van der Waals surface area contributed by atoms with Crippen molar-refractivity contribution in [1.82, 2.24) is 9.80 Å². The van der Waals surface area contributed by atoms with Crippen LogP contribution in [0.1, 0.15) is 128 Å². The van der Waals surface area contributed by atoms with Gasteiger partial charge in [-0.2, -0.15) is 0 Å². The Morgan fingerprint density at radius 3 is 2.36 bits per heavy atom. The maximum Gasteiger partial charge on any atom is 0.166 e. The molecule has 5 heteroatoms. The summed E-state index contributed by atoms with van der Waals surface area (Å²) in [6.45, 7) is 9.74. The molecule has 2 heterocycles. The molecule has 44 heavy (non-hydrogen) atoms. The van der Waals surface area contributed by atoms with E-state index in [0.717, 1.165) is 36.9 Å². The van der Waals surface area contributed by atoms with Crippen LogP contribution in [0.15, 0.2) is 24.3 Å². The molecule has 1 spiro atoms. The Balaban J connectivity index is 0.811. The highest BCUT2D eigenvalue weighted by Gasteiger charge is 2.61. The predicted molar refractivity (Wildman–Crippen MR) is 178 cm³/mol. The van der Waals surface area contributed by atoms with Crippen molar-refractivity contribution in [2.45, 2.75) is 146 Å². The first-order valence-corrected chi connectivity index (χ1v) is 18.3. The molecule has 4 saturated carbocycles. The van der Waals surface area contributed by atoms with Crippen LogP contribution < -0.4 is 9.47 Å². The molecule has 5 atom stereocenters. The van der Waals surface area contributed by atoms with Gasteiger partial charge in [0.15, 0.2) is 11.5 Å². The van der Waals surface area contributed by atoms with E-state index in [-0.39, 0.29) is 11.5 Å². The number of hydrogen-bond donors (Lipinski definition) is 1. The lowest BCUT2D eigenvalue weighted by Gasteiger charge is -2.67. The van der Waals surface area contributed by atoms with E-state index >= 15 is 0 Å². The number of unbranched alkanes of at least 4 members (excludes halogenated alkanes) is 7. The fraction of sp³-hybridized carbons (Fsp3) is 0.795. The molecule has 2 aliphatic heterocycles. The summed E-state index contributed by atoms with van der Waals surface area (Å²) in [7, 11) is 4.19. The van der Waals surface area contributed by atoms with Crippen molar-refractivity contribution >= 4 is 0 Å². The van der Waals surface area contributed by atoms with Crippen LogP contribution in [0, 0.1) is 16.7 Å². The van der Waals surface area contributed by atoms with E-state index in [4.69, 9.17) is 9.47 Å². The molecule has 244 valence electrons. The van der Waals surface area contributed by atoms with E-state index in [1.54, 1.807) is 7.11 Å². The molecule has 0 saturated heterocycles. The Hall–Kier alpha value is -1.56. The van der Waals surface area contributed by atoms with Crippen LogP contribution in [0.2, 0.25) is 0 Å². The lowest BCUT2D eigenvalue weighted by atomic mass is 9.42. The lowest BCUT2D eigenvalue weighted by molar-refractivity contribution is -0.156. The van der Waals surface area contributed by atoms with Crippen molar-refractivity contribution in [1.29, 1.82) is 0 Å². The Bertz CT molecular complexity index is 1210. The van der Waals surface area contributed by atoms with Gasteiger partial charge in [0.05, 0.1) is 18.6 Å². The number of nitrogens with zero attached hydrogens (tertiary/aromatic N) is 2. The summed E-state index contributed by atoms with van der Waals surface area (Å²) in [4.78, 5) is 5.49. The minimum atomic E-state index is -0.422. The van der Waals surface area contributed by atoms with Gasteiger partial charge in [0.1, 0.15) is 6.10 Å². The quantitative estimate of drug-likeness (QED) is 0.182. The third-order valence-electron chi connectivity index (χ3n) is 13.2. The van der Waals surface area contributed by atoms with Gasteiger partial charge in [-0.05, 0) is 113 Å². The minimum absolute atomic E-state index is 0.00286. The monoisotopic (exact) mass is 604 g/mol. The molecule has 0 amide bonds. The zero-order valence-electron chi connectivity index (χ0n) is 28.3.